The lowest BCUT2D eigenvalue weighted by Crippen LogP contribution is -2.19. The number of rotatable bonds is 7. The Hall–Kier alpha value is -2.97. The lowest BCUT2D eigenvalue weighted by atomic mass is 10.2. The number of nitrogens with one attached hydrogen (secondary N) is 1. The van der Waals surface area contributed by atoms with E-state index in [2.05, 4.69) is 10.3 Å². The van der Waals surface area contributed by atoms with Gasteiger partial charge in [-0.15, -0.1) is 0 Å². The van der Waals surface area contributed by atoms with Crippen LogP contribution in [0.2, 0.25) is 5.02 Å². The Morgan fingerprint density at radius 1 is 1.20 bits per heavy atom. The van der Waals surface area contributed by atoms with Crippen LogP contribution in [0.3, 0.4) is 0 Å². The Bertz CT molecular complexity index is 1020. The second-order valence-electron chi connectivity index (χ2n) is 6.03. The molecular formula is C21H19ClN2O5S. The number of hydrogen-bond donors (Lipinski definition) is 1. The third-order valence-corrected chi connectivity index (χ3v) is 5.09. The van der Waals surface area contributed by atoms with Crippen LogP contribution in [0.25, 0.3) is 6.08 Å². The summed E-state index contributed by atoms with van der Waals surface area (Å²) in [6, 6.07) is 12.4. The molecule has 9 heteroatoms. The number of hydrogen-bond acceptors (Lipinski definition) is 7. The summed E-state index contributed by atoms with van der Waals surface area (Å²) in [4.78, 5) is 28.0. The van der Waals surface area contributed by atoms with Crippen molar-refractivity contribution in [3.63, 3.8) is 0 Å². The van der Waals surface area contributed by atoms with Crippen molar-refractivity contribution in [3.8, 4) is 11.5 Å². The van der Waals surface area contributed by atoms with E-state index in [1.807, 2.05) is 12.1 Å². The molecule has 7 nitrogen and oxygen atoms in total. The quantitative estimate of drug-likeness (QED) is 0.390. The number of ether oxygens (including phenoxy) is 3. The van der Waals surface area contributed by atoms with Crippen LogP contribution in [-0.2, 0) is 14.3 Å². The maximum absolute atomic E-state index is 12.3. The number of amidine groups is 1. The van der Waals surface area contributed by atoms with Crippen LogP contribution >= 0.6 is 23.4 Å². The molecular weight excluding hydrogens is 428 g/mol. The molecule has 1 N–H and O–H groups in total. The predicted molar refractivity (Wildman–Crippen MR) is 117 cm³/mol. The van der Waals surface area contributed by atoms with Crippen molar-refractivity contribution in [2.24, 2.45) is 4.99 Å². The lowest BCUT2D eigenvalue weighted by molar-refractivity contribution is -0.141. The zero-order chi connectivity index (χ0) is 21.5. The summed E-state index contributed by atoms with van der Waals surface area (Å²) in [7, 11) is 1.52. The van der Waals surface area contributed by atoms with E-state index in [1.54, 1.807) is 36.4 Å². The molecule has 0 radical (unpaired) electrons. The van der Waals surface area contributed by atoms with Gasteiger partial charge in [0, 0.05) is 6.92 Å². The molecule has 1 saturated heterocycles. The summed E-state index contributed by atoms with van der Waals surface area (Å²) < 4.78 is 15.8. The van der Waals surface area contributed by atoms with E-state index < -0.39 is 0 Å². The Kier molecular flexibility index (Phi) is 7.37. The summed E-state index contributed by atoms with van der Waals surface area (Å²) in [6.07, 6.45) is 1.74. The smallest absolute Gasteiger partial charge is 0.302 e. The Morgan fingerprint density at radius 3 is 2.73 bits per heavy atom. The van der Waals surface area contributed by atoms with Crippen LogP contribution < -0.4 is 14.8 Å². The van der Waals surface area contributed by atoms with E-state index in [0.717, 1.165) is 5.56 Å². The van der Waals surface area contributed by atoms with Crippen molar-refractivity contribution in [2.45, 2.75) is 6.92 Å². The van der Waals surface area contributed by atoms with Gasteiger partial charge in [0.05, 0.1) is 22.7 Å². The average Bonchev–Trinajstić information content (AvgIpc) is 3.06. The number of methoxy groups -OCH3 is 1. The molecule has 0 spiro atoms. The van der Waals surface area contributed by atoms with Crippen LogP contribution in [-0.4, -0.2) is 37.4 Å². The first-order valence-electron chi connectivity index (χ1n) is 8.94. The molecule has 0 unspecified atom stereocenters. The number of para-hydroxylation sites is 1. The molecule has 3 rings (SSSR count). The van der Waals surface area contributed by atoms with Gasteiger partial charge in [-0.2, -0.15) is 0 Å². The summed E-state index contributed by atoms with van der Waals surface area (Å²) in [6.45, 7) is 1.69. The normalized spacial score (nSPS) is 15.9. The second kappa shape index (κ2) is 10.2. The molecule has 0 atom stereocenters. The van der Waals surface area contributed by atoms with Gasteiger partial charge >= 0.3 is 5.97 Å². The van der Waals surface area contributed by atoms with Crippen LogP contribution in [0.1, 0.15) is 12.5 Å². The van der Waals surface area contributed by atoms with Crippen molar-refractivity contribution in [1.29, 1.82) is 0 Å². The molecule has 2 aromatic carbocycles. The maximum atomic E-state index is 12.3. The maximum Gasteiger partial charge on any atom is 0.302 e. The topological polar surface area (TPSA) is 86.2 Å². The van der Waals surface area contributed by atoms with Crippen LogP contribution in [0.4, 0.5) is 5.69 Å². The van der Waals surface area contributed by atoms with Crippen molar-refractivity contribution < 1.29 is 23.8 Å². The minimum Gasteiger partial charge on any atom is -0.493 e. The zero-order valence-corrected chi connectivity index (χ0v) is 17.9. The van der Waals surface area contributed by atoms with Gasteiger partial charge in [-0.3, -0.25) is 9.59 Å². The Labute approximate surface area is 183 Å². The molecule has 2 aromatic rings. The number of amides is 1. The largest absolute Gasteiger partial charge is 0.493 e. The minimum absolute atomic E-state index is 0.147. The molecule has 156 valence electrons. The van der Waals surface area contributed by atoms with Gasteiger partial charge in [0.2, 0.25) is 0 Å². The van der Waals surface area contributed by atoms with Crippen LogP contribution in [0, 0.1) is 0 Å². The summed E-state index contributed by atoms with van der Waals surface area (Å²) in [5.41, 5.74) is 1.34. The highest BCUT2D eigenvalue weighted by Crippen LogP contribution is 2.33. The number of halogens is 1. The Morgan fingerprint density at radius 2 is 2.00 bits per heavy atom. The highest BCUT2D eigenvalue weighted by Gasteiger charge is 2.24. The van der Waals surface area contributed by atoms with Crippen molar-refractivity contribution in [3.05, 3.63) is 58.0 Å². The number of esters is 1. The third kappa shape index (κ3) is 5.77. The summed E-state index contributed by atoms with van der Waals surface area (Å²) >= 11 is 7.35. The number of thioether (sulfide) groups is 1. The third-order valence-electron chi connectivity index (χ3n) is 3.86. The molecule has 30 heavy (non-hydrogen) atoms. The molecule has 1 aliphatic heterocycles. The number of nitrogens with zero attached hydrogens (tertiary/aromatic N) is 1. The van der Waals surface area contributed by atoms with Crippen molar-refractivity contribution in [1.82, 2.24) is 5.32 Å². The Balaban J connectivity index is 1.72. The van der Waals surface area contributed by atoms with Gasteiger partial charge in [0.15, 0.2) is 16.7 Å². The van der Waals surface area contributed by atoms with Gasteiger partial charge in [0.25, 0.3) is 5.91 Å². The minimum atomic E-state index is -0.364. The zero-order valence-electron chi connectivity index (χ0n) is 16.3. The predicted octanol–water partition coefficient (Wildman–Crippen LogP) is 4.18. The van der Waals surface area contributed by atoms with E-state index in [9.17, 15) is 9.59 Å². The molecule has 1 fully saturated rings. The van der Waals surface area contributed by atoms with Gasteiger partial charge in [-0.25, -0.2) is 4.99 Å². The van der Waals surface area contributed by atoms with E-state index in [0.29, 0.717) is 32.3 Å². The molecule has 0 aliphatic carbocycles. The van der Waals surface area contributed by atoms with E-state index >= 15 is 0 Å². The monoisotopic (exact) mass is 446 g/mol. The first kappa shape index (κ1) is 21.7. The summed E-state index contributed by atoms with van der Waals surface area (Å²) in [5.74, 6) is 0.403. The van der Waals surface area contributed by atoms with Gasteiger partial charge < -0.3 is 19.5 Å². The highest BCUT2D eigenvalue weighted by atomic mass is 35.5. The van der Waals surface area contributed by atoms with E-state index in [1.165, 1.54) is 25.8 Å². The fourth-order valence-electron chi connectivity index (χ4n) is 2.51. The van der Waals surface area contributed by atoms with Crippen LogP contribution in [0.15, 0.2) is 52.4 Å². The van der Waals surface area contributed by atoms with Gasteiger partial charge in [-0.1, -0.05) is 29.8 Å². The second-order valence-corrected chi connectivity index (χ2v) is 7.47. The molecule has 0 aromatic heterocycles. The number of carbonyl (C=O) groups excluding carboxylic acids is 2. The number of aliphatic imine (C=N–C) groups is 1. The molecule has 1 aliphatic rings. The molecule has 1 amide bonds. The van der Waals surface area contributed by atoms with Crippen LogP contribution in [0.5, 0.6) is 11.5 Å². The fraction of sp³-hybridized carbons (Fsp3) is 0.190. The van der Waals surface area contributed by atoms with Gasteiger partial charge in [-0.05, 0) is 47.7 Å². The summed E-state index contributed by atoms with van der Waals surface area (Å²) in [5, 5.41) is 3.69. The standard InChI is InChI=1S/C21H19ClN2O5S/c1-13(25)28-9-10-29-17-8-7-14(11-18(17)27-2)12-19-20(26)24-21(30-19)23-16-6-4-3-5-15(16)22/h3-8,11-12H,9-10H2,1-2H3,(H,23,24,26). The lowest BCUT2D eigenvalue weighted by Gasteiger charge is -2.11. The number of carbonyl (C=O) groups is 2. The van der Waals surface area contributed by atoms with Crippen molar-refractivity contribution >= 4 is 52.2 Å². The molecule has 0 bridgehead atoms. The first-order chi connectivity index (χ1) is 14.5. The first-order valence-corrected chi connectivity index (χ1v) is 10.1. The van der Waals surface area contributed by atoms with Crippen molar-refractivity contribution in [2.75, 3.05) is 20.3 Å². The van der Waals surface area contributed by atoms with E-state index in [4.69, 9.17) is 25.8 Å². The highest BCUT2D eigenvalue weighted by molar-refractivity contribution is 8.18. The number of benzene rings is 2. The molecule has 0 saturated carbocycles. The molecule has 1 heterocycles. The fourth-order valence-corrected chi connectivity index (χ4v) is 3.53. The van der Waals surface area contributed by atoms with Gasteiger partial charge in [0.1, 0.15) is 13.2 Å². The van der Waals surface area contributed by atoms with E-state index in [-0.39, 0.29) is 25.1 Å². The average molecular weight is 447 g/mol. The SMILES string of the molecule is COc1cc(C=C2SC(=Nc3ccccc3Cl)NC2=O)ccc1OCCOC(C)=O.